The van der Waals surface area contributed by atoms with E-state index < -0.39 is 0 Å². The first-order valence-corrected chi connectivity index (χ1v) is 3.27. The van der Waals surface area contributed by atoms with Gasteiger partial charge in [-0.05, 0) is 6.04 Å². The van der Waals surface area contributed by atoms with Gasteiger partial charge in [0.15, 0.2) is 9.76 Å². The molecule has 0 atom stereocenters. The van der Waals surface area contributed by atoms with Crippen molar-refractivity contribution >= 4 is 9.76 Å². The van der Waals surface area contributed by atoms with E-state index in [4.69, 9.17) is 4.43 Å². The summed E-state index contributed by atoms with van der Waals surface area (Å²) in [6.07, 6.45) is 0. The van der Waals surface area contributed by atoms with Crippen LogP contribution in [0.3, 0.4) is 0 Å². The van der Waals surface area contributed by atoms with Crippen LogP contribution in [0, 0.1) is 6.92 Å². The van der Waals surface area contributed by atoms with Crippen LogP contribution in [-0.4, -0.2) is 16.9 Å². The lowest BCUT2D eigenvalue weighted by Crippen LogP contribution is -1.86. The van der Waals surface area contributed by atoms with Crippen molar-refractivity contribution < 1.29 is 4.43 Å². The van der Waals surface area contributed by atoms with Crippen LogP contribution in [0.25, 0.3) is 0 Å². The van der Waals surface area contributed by atoms with Gasteiger partial charge in [0.25, 0.3) is 0 Å². The van der Waals surface area contributed by atoms with Crippen molar-refractivity contribution in [2.45, 2.75) is 6.04 Å². The smallest absolute Gasteiger partial charge is 0.161 e. The minimum Gasteiger partial charge on any atom is -0.427 e. The van der Waals surface area contributed by atoms with Crippen molar-refractivity contribution in [3.05, 3.63) is 6.92 Å². The second kappa shape index (κ2) is 4.18. The third-order valence-corrected chi connectivity index (χ3v) is 1.05. The van der Waals surface area contributed by atoms with Gasteiger partial charge in [-0.3, -0.25) is 0 Å². The molecule has 0 rings (SSSR count). The highest BCUT2D eigenvalue weighted by atomic mass is 28.2. The predicted molar refractivity (Wildman–Crippen MR) is 25.7 cm³/mol. The van der Waals surface area contributed by atoms with Gasteiger partial charge in [0, 0.05) is 7.11 Å². The van der Waals surface area contributed by atoms with Crippen LogP contribution < -0.4 is 0 Å². The van der Waals surface area contributed by atoms with Crippen molar-refractivity contribution in [2.24, 2.45) is 0 Å². The van der Waals surface area contributed by atoms with E-state index in [-0.39, 0.29) is 9.76 Å². The lowest BCUT2D eigenvalue weighted by Gasteiger charge is -1.82. The molecule has 1 radical (unpaired) electrons. The highest BCUT2D eigenvalue weighted by molar-refractivity contribution is 6.27. The normalized spacial score (nSPS) is 10.8. The second-order valence-corrected chi connectivity index (χ2v) is 2.54. The van der Waals surface area contributed by atoms with Crippen LogP contribution in [0.15, 0.2) is 0 Å². The van der Waals surface area contributed by atoms with Crippen molar-refractivity contribution in [1.82, 2.24) is 0 Å². The molecule has 0 heterocycles. The number of hydrogen-bond acceptors (Lipinski definition) is 1. The largest absolute Gasteiger partial charge is 0.427 e. The Morgan fingerprint density at radius 3 is 2.60 bits per heavy atom. The van der Waals surface area contributed by atoms with Gasteiger partial charge in [0.05, 0.1) is 0 Å². The second-order valence-electron chi connectivity index (χ2n) is 0.846. The lowest BCUT2D eigenvalue weighted by atomic mass is 11.0. The average Bonchev–Trinajstić information content (AvgIpc) is 1.41. The first-order chi connectivity index (χ1) is 2.41. The van der Waals surface area contributed by atoms with E-state index in [1.165, 1.54) is 0 Å². The monoisotopic (exact) mass is 89.0 g/mol. The van der Waals surface area contributed by atoms with Gasteiger partial charge in [0.1, 0.15) is 0 Å². The van der Waals surface area contributed by atoms with E-state index >= 15 is 0 Å². The maximum absolute atomic E-state index is 4.77. The van der Waals surface area contributed by atoms with Crippen molar-refractivity contribution in [3.8, 4) is 0 Å². The van der Waals surface area contributed by atoms with E-state index in [9.17, 15) is 0 Å². The third-order valence-electron chi connectivity index (χ3n) is 0.348. The fourth-order valence-corrected chi connectivity index (χ4v) is 0.433. The Balaban J connectivity index is 2.19. The summed E-state index contributed by atoms with van der Waals surface area (Å²) in [4.78, 5) is 0. The molecule has 0 saturated heterocycles. The van der Waals surface area contributed by atoms with Gasteiger partial charge in [-0.2, -0.15) is 0 Å². The molecule has 0 aromatic heterocycles. The van der Waals surface area contributed by atoms with Gasteiger partial charge in [-0.1, -0.05) is 6.92 Å². The van der Waals surface area contributed by atoms with Gasteiger partial charge in [0.2, 0.25) is 0 Å². The zero-order valence-electron chi connectivity index (χ0n) is 3.53. The van der Waals surface area contributed by atoms with Gasteiger partial charge >= 0.3 is 0 Å². The van der Waals surface area contributed by atoms with E-state index in [2.05, 4.69) is 6.92 Å². The quantitative estimate of drug-likeness (QED) is 0.432. The first kappa shape index (κ1) is 5.18. The summed E-state index contributed by atoms with van der Waals surface area (Å²) in [7, 11) is 1.55. The Kier molecular flexibility index (Phi) is 4.32. The molecule has 2 heteroatoms. The summed E-state index contributed by atoms with van der Waals surface area (Å²) >= 11 is 0. The molecule has 5 heavy (non-hydrogen) atoms. The SMILES string of the molecule is [CH2]C[SiH2]OC. The maximum Gasteiger partial charge on any atom is 0.161 e. The molecule has 0 aliphatic heterocycles. The average molecular weight is 89.2 g/mol. The molecule has 1 nitrogen and oxygen atoms in total. The minimum absolute atomic E-state index is 0.179. The lowest BCUT2D eigenvalue weighted by molar-refractivity contribution is 0.443. The molecule has 0 saturated carbocycles. The Labute approximate surface area is 35.3 Å². The summed E-state index contributed by atoms with van der Waals surface area (Å²) in [5.74, 6) is 0. The van der Waals surface area contributed by atoms with E-state index in [1.807, 2.05) is 0 Å². The van der Waals surface area contributed by atoms with Crippen LogP contribution in [0.2, 0.25) is 6.04 Å². The van der Waals surface area contributed by atoms with Crippen LogP contribution in [-0.2, 0) is 4.43 Å². The molecule has 0 amide bonds. The van der Waals surface area contributed by atoms with Gasteiger partial charge in [-0.25, -0.2) is 0 Å². The molecular weight excluding hydrogens is 80.1 g/mol. The molecule has 0 bridgehead atoms. The molecule has 0 aliphatic rings. The third kappa shape index (κ3) is 4.18. The summed E-state index contributed by atoms with van der Waals surface area (Å²) in [6.45, 7) is 3.61. The van der Waals surface area contributed by atoms with E-state index in [0.717, 1.165) is 6.04 Å². The first-order valence-electron chi connectivity index (χ1n) is 1.70. The van der Waals surface area contributed by atoms with Crippen molar-refractivity contribution in [3.63, 3.8) is 0 Å². The number of hydrogen-bond donors (Lipinski definition) is 0. The number of rotatable bonds is 2. The molecule has 0 aromatic carbocycles. The fraction of sp³-hybridized carbons (Fsp3) is 0.667. The standard InChI is InChI=1S/C3H9OSi/c1-3-5-4-2/h1,3,5H2,2H3. The Bertz CT molecular complexity index is 14.4. The Morgan fingerprint density at radius 1 is 2.00 bits per heavy atom. The van der Waals surface area contributed by atoms with Crippen LogP contribution in [0.4, 0.5) is 0 Å². The zero-order valence-corrected chi connectivity index (χ0v) is 4.94. The maximum atomic E-state index is 4.77. The molecule has 0 aromatic rings. The minimum atomic E-state index is -0.179. The Morgan fingerprint density at radius 2 is 2.60 bits per heavy atom. The summed E-state index contributed by atoms with van der Waals surface area (Å²) in [5, 5.41) is 0. The van der Waals surface area contributed by atoms with Crippen LogP contribution in [0.5, 0.6) is 0 Å². The van der Waals surface area contributed by atoms with Crippen molar-refractivity contribution in [2.75, 3.05) is 7.11 Å². The molecule has 0 fully saturated rings. The fourth-order valence-electron chi connectivity index (χ4n) is 0.144. The van der Waals surface area contributed by atoms with Gasteiger partial charge in [-0.15, -0.1) is 0 Å². The summed E-state index contributed by atoms with van der Waals surface area (Å²) in [5.41, 5.74) is 0. The molecular formula is C3H9OSi. The molecule has 0 spiro atoms. The molecule has 0 aliphatic carbocycles. The van der Waals surface area contributed by atoms with Crippen LogP contribution in [0.1, 0.15) is 0 Å². The molecule has 0 N–H and O–H groups in total. The topological polar surface area (TPSA) is 9.23 Å². The summed E-state index contributed by atoms with van der Waals surface area (Å²) in [6, 6.07) is 1.01. The highest BCUT2D eigenvalue weighted by Gasteiger charge is 1.69. The van der Waals surface area contributed by atoms with Gasteiger partial charge < -0.3 is 4.43 Å². The molecule has 0 unspecified atom stereocenters. The van der Waals surface area contributed by atoms with E-state index in [0.29, 0.717) is 0 Å². The Hall–Kier alpha value is 0.177. The predicted octanol–water partition coefficient (Wildman–Crippen LogP) is -0.0310. The van der Waals surface area contributed by atoms with E-state index in [1.54, 1.807) is 7.11 Å². The summed E-state index contributed by atoms with van der Waals surface area (Å²) < 4.78 is 4.77. The highest BCUT2D eigenvalue weighted by Crippen LogP contribution is 1.67. The van der Waals surface area contributed by atoms with Crippen molar-refractivity contribution in [1.29, 1.82) is 0 Å². The zero-order chi connectivity index (χ0) is 4.12. The van der Waals surface area contributed by atoms with Crippen LogP contribution >= 0.6 is 0 Å². The molecule has 31 valence electrons.